The van der Waals surface area contributed by atoms with E-state index in [2.05, 4.69) is 10.6 Å². The molecule has 7 nitrogen and oxygen atoms in total. The van der Waals surface area contributed by atoms with Gasteiger partial charge >= 0.3 is 0 Å². The van der Waals surface area contributed by atoms with Gasteiger partial charge < -0.3 is 15.4 Å². The minimum atomic E-state index is -3.74. The molecule has 0 saturated carbocycles. The van der Waals surface area contributed by atoms with Gasteiger partial charge in [-0.15, -0.1) is 0 Å². The third-order valence-electron chi connectivity index (χ3n) is 3.89. The smallest absolute Gasteiger partial charge is 0.246 e. The van der Waals surface area contributed by atoms with Crippen molar-refractivity contribution < 1.29 is 22.3 Å². The minimum Gasteiger partial charge on any atom is -0.495 e. The maximum absolute atomic E-state index is 13.2. The van der Waals surface area contributed by atoms with Crippen molar-refractivity contribution in [2.75, 3.05) is 31.8 Å². The predicted molar refractivity (Wildman–Crippen MR) is 107 cm³/mol. The summed E-state index contributed by atoms with van der Waals surface area (Å²) in [6.07, 6.45) is 0. The first-order valence-electron chi connectivity index (χ1n) is 8.19. The molecule has 0 aromatic heterocycles. The van der Waals surface area contributed by atoms with E-state index >= 15 is 0 Å². The van der Waals surface area contributed by atoms with E-state index < -0.39 is 27.8 Å². The summed E-state index contributed by atoms with van der Waals surface area (Å²) in [5.41, 5.74) is 0.761. The van der Waals surface area contributed by atoms with Crippen LogP contribution in [0, 0.1) is 5.82 Å². The lowest BCUT2D eigenvalue weighted by Crippen LogP contribution is -2.32. The number of methoxy groups -OCH3 is 1. The number of hydrogen-bond donors (Lipinski definition) is 2. The molecule has 2 aromatic carbocycles. The SMILES string of the molecule is COc1ccc(NC(C)C(=O)Nc2ccc(F)c(Cl)c2)cc1S(=O)(=O)N(C)C. The van der Waals surface area contributed by atoms with Crippen LogP contribution in [0.15, 0.2) is 41.3 Å². The van der Waals surface area contributed by atoms with Gasteiger partial charge in [-0.2, -0.15) is 0 Å². The average Bonchev–Trinajstić information content (AvgIpc) is 2.64. The zero-order chi connectivity index (χ0) is 21.1. The molecule has 0 spiro atoms. The number of halogens is 2. The molecule has 2 N–H and O–H groups in total. The van der Waals surface area contributed by atoms with Gasteiger partial charge in [0.05, 0.1) is 12.1 Å². The molecule has 10 heteroatoms. The van der Waals surface area contributed by atoms with Crippen LogP contribution in [0.4, 0.5) is 15.8 Å². The summed E-state index contributed by atoms with van der Waals surface area (Å²) in [6, 6.07) is 7.63. The molecule has 0 heterocycles. The Hall–Kier alpha value is -2.36. The second kappa shape index (κ2) is 8.76. The molecule has 0 aliphatic rings. The lowest BCUT2D eigenvalue weighted by atomic mass is 10.2. The topological polar surface area (TPSA) is 87.7 Å². The van der Waals surface area contributed by atoms with Crippen molar-refractivity contribution in [3.63, 3.8) is 0 Å². The van der Waals surface area contributed by atoms with Crippen molar-refractivity contribution in [3.8, 4) is 5.75 Å². The van der Waals surface area contributed by atoms with Gasteiger partial charge in [-0.1, -0.05) is 11.6 Å². The molecule has 0 fully saturated rings. The molecule has 0 aliphatic heterocycles. The number of ether oxygens (including phenoxy) is 1. The van der Waals surface area contributed by atoms with Crippen LogP contribution in [0.5, 0.6) is 5.75 Å². The second-order valence-corrected chi connectivity index (χ2v) is 8.66. The Balaban J connectivity index is 2.20. The summed E-state index contributed by atoms with van der Waals surface area (Å²) in [7, 11) is 0.469. The van der Waals surface area contributed by atoms with E-state index in [1.165, 1.54) is 45.5 Å². The van der Waals surface area contributed by atoms with E-state index in [4.69, 9.17) is 16.3 Å². The number of rotatable bonds is 7. The predicted octanol–water partition coefficient (Wildman–Crippen LogP) is 3.18. The number of nitrogens with one attached hydrogen (secondary N) is 2. The molecule has 0 bridgehead atoms. The third kappa shape index (κ3) is 4.92. The van der Waals surface area contributed by atoms with Gasteiger partial charge in [0.25, 0.3) is 0 Å². The van der Waals surface area contributed by atoms with Crippen molar-refractivity contribution in [1.29, 1.82) is 0 Å². The maximum Gasteiger partial charge on any atom is 0.246 e. The van der Waals surface area contributed by atoms with E-state index in [0.29, 0.717) is 11.4 Å². The molecule has 0 aliphatic carbocycles. The summed E-state index contributed by atoms with van der Waals surface area (Å²) in [6.45, 7) is 1.60. The van der Waals surface area contributed by atoms with Gasteiger partial charge in [-0.05, 0) is 43.3 Å². The zero-order valence-corrected chi connectivity index (χ0v) is 17.4. The van der Waals surface area contributed by atoms with Crippen LogP contribution in [0.3, 0.4) is 0 Å². The Bertz CT molecular complexity index is 983. The highest BCUT2D eigenvalue weighted by Crippen LogP contribution is 2.29. The van der Waals surface area contributed by atoms with Crippen molar-refractivity contribution in [3.05, 3.63) is 47.2 Å². The molecule has 0 radical (unpaired) electrons. The Kier molecular flexibility index (Phi) is 6.87. The number of amides is 1. The molecule has 2 rings (SSSR count). The monoisotopic (exact) mass is 429 g/mol. The number of nitrogens with zero attached hydrogens (tertiary/aromatic N) is 1. The largest absolute Gasteiger partial charge is 0.495 e. The molecule has 28 heavy (non-hydrogen) atoms. The molecule has 152 valence electrons. The Labute approximate surface area is 168 Å². The lowest BCUT2D eigenvalue weighted by molar-refractivity contribution is -0.116. The second-order valence-electron chi connectivity index (χ2n) is 6.14. The molecule has 1 atom stereocenters. The first-order valence-corrected chi connectivity index (χ1v) is 10.0. The van der Waals surface area contributed by atoms with Crippen LogP contribution in [0.25, 0.3) is 0 Å². The molecular formula is C18H21ClFN3O4S. The standard InChI is InChI=1S/C18H21ClFN3O4S/c1-11(18(24)22-12-5-7-15(20)14(19)9-12)21-13-6-8-16(27-4)17(10-13)28(25,26)23(2)3/h5-11,21H,1-4H3,(H,22,24). The van der Waals surface area contributed by atoms with Gasteiger partial charge in [0.15, 0.2) is 0 Å². The van der Waals surface area contributed by atoms with E-state index in [9.17, 15) is 17.6 Å². The van der Waals surface area contributed by atoms with Crippen molar-refractivity contribution in [2.24, 2.45) is 0 Å². The Morgan fingerprint density at radius 2 is 1.82 bits per heavy atom. The third-order valence-corrected chi connectivity index (χ3v) is 6.01. The number of carbonyl (C=O) groups is 1. The fourth-order valence-electron chi connectivity index (χ4n) is 2.30. The van der Waals surface area contributed by atoms with Crippen molar-refractivity contribution in [1.82, 2.24) is 4.31 Å². The highest BCUT2D eigenvalue weighted by atomic mass is 35.5. The highest BCUT2D eigenvalue weighted by molar-refractivity contribution is 7.89. The van der Waals surface area contributed by atoms with Gasteiger partial charge in [0.2, 0.25) is 15.9 Å². The van der Waals surface area contributed by atoms with E-state index in [1.807, 2.05) is 0 Å². The Morgan fingerprint density at radius 1 is 1.18 bits per heavy atom. The van der Waals surface area contributed by atoms with Gasteiger partial charge in [0.1, 0.15) is 22.5 Å². The van der Waals surface area contributed by atoms with Crippen LogP contribution in [-0.4, -0.2) is 45.9 Å². The highest BCUT2D eigenvalue weighted by Gasteiger charge is 2.23. The number of sulfonamides is 1. The summed E-state index contributed by atoms with van der Waals surface area (Å²) >= 11 is 5.71. The zero-order valence-electron chi connectivity index (χ0n) is 15.8. The number of carbonyl (C=O) groups excluding carboxylic acids is 1. The first-order chi connectivity index (χ1) is 13.1. The van der Waals surface area contributed by atoms with Crippen molar-refractivity contribution in [2.45, 2.75) is 17.9 Å². The summed E-state index contributed by atoms with van der Waals surface area (Å²) < 4.78 is 44.4. The van der Waals surface area contributed by atoms with Crippen LogP contribution >= 0.6 is 11.6 Å². The normalized spacial score (nSPS) is 12.5. The number of anilines is 2. The fraction of sp³-hybridized carbons (Fsp3) is 0.278. The van der Waals surface area contributed by atoms with Crippen LogP contribution in [0.1, 0.15) is 6.92 Å². The molecule has 1 amide bonds. The molecule has 1 unspecified atom stereocenters. The van der Waals surface area contributed by atoms with Crippen LogP contribution in [-0.2, 0) is 14.8 Å². The number of hydrogen-bond acceptors (Lipinski definition) is 5. The summed E-state index contributed by atoms with van der Waals surface area (Å²) in [4.78, 5) is 12.3. The van der Waals surface area contributed by atoms with Crippen LogP contribution in [0.2, 0.25) is 5.02 Å². The average molecular weight is 430 g/mol. The van der Waals surface area contributed by atoms with E-state index in [-0.39, 0.29) is 15.7 Å². The van der Waals surface area contributed by atoms with Gasteiger partial charge in [0, 0.05) is 25.5 Å². The summed E-state index contributed by atoms with van der Waals surface area (Å²) in [5.74, 6) is -0.800. The van der Waals surface area contributed by atoms with E-state index in [1.54, 1.807) is 13.0 Å². The lowest BCUT2D eigenvalue weighted by Gasteiger charge is -2.18. The Morgan fingerprint density at radius 3 is 2.39 bits per heavy atom. The molecular weight excluding hydrogens is 409 g/mol. The van der Waals surface area contributed by atoms with Crippen LogP contribution < -0.4 is 15.4 Å². The van der Waals surface area contributed by atoms with Crippen molar-refractivity contribution >= 4 is 38.9 Å². The maximum atomic E-state index is 13.2. The molecule has 0 saturated heterocycles. The van der Waals surface area contributed by atoms with Gasteiger partial charge in [-0.25, -0.2) is 17.1 Å². The first kappa shape index (κ1) is 21.9. The minimum absolute atomic E-state index is 0.0251. The quantitative estimate of drug-likeness (QED) is 0.705. The number of benzene rings is 2. The molecule has 2 aromatic rings. The van der Waals surface area contributed by atoms with Gasteiger partial charge in [-0.3, -0.25) is 4.79 Å². The summed E-state index contributed by atoms with van der Waals surface area (Å²) in [5, 5.41) is 5.44. The fourth-order valence-corrected chi connectivity index (χ4v) is 3.56. The van der Waals surface area contributed by atoms with E-state index in [0.717, 1.165) is 10.4 Å².